The molecular formula is C21H24F3N5O. The van der Waals surface area contributed by atoms with Crippen LogP contribution in [0.25, 0.3) is 0 Å². The first-order valence-corrected chi connectivity index (χ1v) is 9.60. The Morgan fingerprint density at radius 3 is 2.50 bits per heavy atom. The predicted molar refractivity (Wildman–Crippen MR) is 108 cm³/mol. The highest BCUT2D eigenvalue weighted by Gasteiger charge is 2.26. The molecule has 1 aliphatic rings. The van der Waals surface area contributed by atoms with Crippen molar-refractivity contribution in [2.45, 2.75) is 45.4 Å². The van der Waals surface area contributed by atoms with Gasteiger partial charge in [0.25, 0.3) is 5.91 Å². The summed E-state index contributed by atoms with van der Waals surface area (Å²) in [5, 5.41) is 5.62. The van der Waals surface area contributed by atoms with Crippen LogP contribution in [0.15, 0.2) is 41.4 Å². The number of amides is 1. The van der Waals surface area contributed by atoms with E-state index in [1.807, 2.05) is 19.9 Å². The molecule has 160 valence electrons. The Kier molecular flexibility index (Phi) is 6.73. The van der Waals surface area contributed by atoms with Gasteiger partial charge in [-0.05, 0) is 56.2 Å². The highest BCUT2D eigenvalue weighted by Crippen LogP contribution is 2.24. The van der Waals surface area contributed by atoms with Gasteiger partial charge in [-0.15, -0.1) is 0 Å². The fourth-order valence-electron chi connectivity index (χ4n) is 3.02. The Hall–Kier alpha value is -2.91. The predicted octanol–water partition coefficient (Wildman–Crippen LogP) is 3.06. The van der Waals surface area contributed by atoms with E-state index in [1.54, 1.807) is 13.0 Å². The Morgan fingerprint density at radius 1 is 1.07 bits per heavy atom. The topological polar surface area (TPSA) is 77.5 Å². The van der Waals surface area contributed by atoms with Gasteiger partial charge in [0.1, 0.15) is 12.0 Å². The van der Waals surface area contributed by atoms with Crippen LogP contribution in [0.1, 0.15) is 47.8 Å². The van der Waals surface area contributed by atoms with E-state index in [4.69, 9.17) is 0 Å². The third-order valence-electron chi connectivity index (χ3n) is 4.61. The largest absolute Gasteiger partial charge is 0.354 e. The molecule has 0 aliphatic carbocycles. The van der Waals surface area contributed by atoms with Gasteiger partial charge >= 0.3 is 0 Å². The van der Waals surface area contributed by atoms with Gasteiger partial charge in [-0.2, -0.15) is 0 Å². The summed E-state index contributed by atoms with van der Waals surface area (Å²) in [4.78, 5) is 16.9. The molecule has 0 radical (unpaired) electrons. The van der Waals surface area contributed by atoms with E-state index >= 15 is 0 Å². The van der Waals surface area contributed by atoms with Crippen LogP contribution in [0.5, 0.6) is 0 Å². The number of aryl methyl sites for hydroxylation is 1. The van der Waals surface area contributed by atoms with Gasteiger partial charge in [0.15, 0.2) is 17.6 Å². The summed E-state index contributed by atoms with van der Waals surface area (Å²) in [6, 6.07) is 7.77. The number of hydrogen-bond acceptors (Lipinski definition) is 4. The molecule has 0 saturated carbocycles. The average molecular weight is 419 g/mol. The third-order valence-corrected chi connectivity index (χ3v) is 4.61. The van der Waals surface area contributed by atoms with Gasteiger partial charge in [0.05, 0.1) is 0 Å². The van der Waals surface area contributed by atoms with Gasteiger partial charge < -0.3 is 5.32 Å². The number of benzene rings is 2. The van der Waals surface area contributed by atoms with Crippen LogP contribution in [-0.4, -0.2) is 24.1 Å². The molecule has 6 nitrogen and oxygen atoms in total. The van der Waals surface area contributed by atoms with Gasteiger partial charge in [-0.1, -0.05) is 12.1 Å². The van der Waals surface area contributed by atoms with E-state index in [0.29, 0.717) is 12.0 Å². The summed E-state index contributed by atoms with van der Waals surface area (Å²) < 4.78 is 40.4. The number of aliphatic imine (C=N–C) groups is 1. The standard InChI is InChI=1S/C21H24F3N5O/c1-11(2)25-21(27-20(30)14-6-7-15(22)17(24)9-14)26-19-10-18(28-29-19)13-5-4-12(3)16(23)8-13/h4-9,11,18-19,28-29H,10H2,1-3H3,(H2,25,26,27,30). The number of carbonyl (C=O) groups is 1. The zero-order valence-electron chi connectivity index (χ0n) is 16.9. The molecule has 1 amide bonds. The number of guanidine groups is 1. The minimum atomic E-state index is -1.10. The number of carbonyl (C=O) groups excluding carboxylic acids is 1. The SMILES string of the molecule is Cc1ccc(C2CC(N=C(NC(=O)c3ccc(F)c(F)c3)NC(C)C)NN2)cc1F. The average Bonchev–Trinajstić information content (AvgIpc) is 3.14. The van der Waals surface area contributed by atoms with E-state index in [-0.39, 0.29) is 29.4 Å². The van der Waals surface area contributed by atoms with E-state index < -0.39 is 23.7 Å². The number of hydrazine groups is 1. The molecule has 1 heterocycles. The molecule has 1 fully saturated rings. The highest BCUT2D eigenvalue weighted by atomic mass is 19.2. The fraction of sp³-hybridized carbons (Fsp3) is 0.333. The number of nitrogens with one attached hydrogen (secondary N) is 4. The van der Waals surface area contributed by atoms with Crippen LogP contribution in [0, 0.1) is 24.4 Å². The maximum absolute atomic E-state index is 13.9. The van der Waals surface area contributed by atoms with Crippen molar-refractivity contribution in [1.82, 2.24) is 21.5 Å². The molecule has 9 heteroatoms. The Bertz CT molecular complexity index is 964. The number of nitrogens with zero attached hydrogens (tertiary/aromatic N) is 1. The summed E-state index contributed by atoms with van der Waals surface area (Å²) >= 11 is 0. The molecule has 1 saturated heterocycles. The molecule has 1 aliphatic heterocycles. The molecule has 0 bridgehead atoms. The lowest BCUT2D eigenvalue weighted by molar-refractivity contribution is 0.0975. The quantitative estimate of drug-likeness (QED) is 0.454. The lowest BCUT2D eigenvalue weighted by atomic mass is 10.0. The van der Waals surface area contributed by atoms with E-state index in [1.165, 1.54) is 12.1 Å². The van der Waals surface area contributed by atoms with Crippen LogP contribution in [0.4, 0.5) is 13.2 Å². The van der Waals surface area contributed by atoms with Gasteiger partial charge in [0, 0.05) is 24.1 Å². The lowest BCUT2D eigenvalue weighted by Crippen LogP contribution is -2.45. The Labute approximate surface area is 172 Å². The molecule has 0 aromatic heterocycles. The molecule has 2 aromatic rings. The van der Waals surface area contributed by atoms with Crippen molar-refractivity contribution in [1.29, 1.82) is 0 Å². The van der Waals surface area contributed by atoms with Crippen molar-refractivity contribution in [3.05, 3.63) is 70.5 Å². The summed E-state index contributed by atoms with van der Waals surface area (Å²) in [5.41, 5.74) is 7.41. The van der Waals surface area contributed by atoms with E-state index in [0.717, 1.165) is 17.7 Å². The van der Waals surface area contributed by atoms with Crippen LogP contribution in [0.2, 0.25) is 0 Å². The number of hydrogen-bond donors (Lipinski definition) is 4. The minimum absolute atomic E-state index is 0.0299. The van der Waals surface area contributed by atoms with E-state index in [9.17, 15) is 18.0 Å². The molecular weight excluding hydrogens is 395 g/mol. The highest BCUT2D eigenvalue weighted by molar-refractivity contribution is 6.05. The molecule has 2 aromatic carbocycles. The maximum atomic E-state index is 13.9. The first-order chi connectivity index (χ1) is 14.2. The van der Waals surface area contributed by atoms with Crippen molar-refractivity contribution in [2.24, 2.45) is 4.99 Å². The van der Waals surface area contributed by atoms with Crippen LogP contribution < -0.4 is 21.5 Å². The Balaban J connectivity index is 1.72. The summed E-state index contributed by atoms with van der Waals surface area (Å²) in [6.45, 7) is 5.45. The van der Waals surface area contributed by atoms with Gasteiger partial charge in [0.2, 0.25) is 0 Å². The van der Waals surface area contributed by atoms with Crippen molar-refractivity contribution < 1.29 is 18.0 Å². The second-order valence-electron chi connectivity index (χ2n) is 7.46. The lowest BCUT2D eigenvalue weighted by Gasteiger charge is -2.16. The smallest absolute Gasteiger partial charge is 0.258 e. The molecule has 2 atom stereocenters. The summed E-state index contributed by atoms with van der Waals surface area (Å²) in [5.74, 6) is -2.84. The molecule has 0 spiro atoms. The second kappa shape index (κ2) is 9.27. The maximum Gasteiger partial charge on any atom is 0.258 e. The second-order valence-corrected chi connectivity index (χ2v) is 7.46. The zero-order chi connectivity index (χ0) is 21.8. The molecule has 4 N–H and O–H groups in total. The van der Waals surface area contributed by atoms with Gasteiger partial charge in [-0.25, -0.2) is 29.0 Å². The van der Waals surface area contributed by atoms with Crippen molar-refractivity contribution in [3.63, 3.8) is 0 Å². The Morgan fingerprint density at radius 2 is 1.83 bits per heavy atom. The normalized spacial score (nSPS) is 19.2. The fourth-order valence-corrected chi connectivity index (χ4v) is 3.02. The van der Waals surface area contributed by atoms with Crippen LogP contribution in [0.3, 0.4) is 0 Å². The van der Waals surface area contributed by atoms with Crippen molar-refractivity contribution in [2.75, 3.05) is 0 Å². The number of halogens is 3. The third kappa shape index (κ3) is 5.37. The first-order valence-electron chi connectivity index (χ1n) is 9.60. The van der Waals surface area contributed by atoms with Crippen LogP contribution in [-0.2, 0) is 0 Å². The monoisotopic (exact) mass is 419 g/mol. The zero-order valence-corrected chi connectivity index (χ0v) is 16.9. The molecule has 30 heavy (non-hydrogen) atoms. The molecule has 2 unspecified atom stereocenters. The summed E-state index contributed by atoms with van der Waals surface area (Å²) in [7, 11) is 0. The summed E-state index contributed by atoms with van der Waals surface area (Å²) in [6.07, 6.45) is 0.123. The van der Waals surface area contributed by atoms with Crippen molar-refractivity contribution >= 4 is 11.9 Å². The van der Waals surface area contributed by atoms with E-state index in [2.05, 4.69) is 26.5 Å². The van der Waals surface area contributed by atoms with Gasteiger partial charge in [-0.3, -0.25) is 10.1 Å². The molecule has 3 rings (SSSR count). The van der Waals surface area contributed by atoms with Crippen molar-refractivity contribution in [3.8, 4) is 0 Å². The first kappa shape index (κ1) is 21.8. The minimum Gasteiger partial charge on any atom is -0.354 e. The van der Waals surface area contributed by atoms with Crippen LogP contribution >= 0.6 is 0 Å². The number of rotatable bonds is 4.